The number of Topliss-reactive ketones (excluding diaryl/α,β-unsaturated/α-hetero) is 1. The molecule has 0 spiro atoms. The van der Waals surface area contributed by atoms with Gasteiger partial charge in [-0.2, -0.15) is 0 Å². The first kappa shape index (κ1) is 27.3. The van der Waals surface area contributed by atoms with E-state index in [4.69, 9.17) is 10.5 Å². The van der Waals surface area contributed by atoms with Crippen LogP contribution in [0.4, 0.5) is 0 Å². The van der Waals surface area contributed by atoms with Gasteiger partial charge in [-0.15, -0.1) is 12.4 Å². The monoisotopic (exact) mass is 480 g/mol. The fourth-order valence-electron chi connectivity index (χ4n) is 3.59. The van der Waals surface area contributed by atoms with Gasteiger partial charge in [0.2, 0.25) is 5.91 Å². The SMILES string of the molecule is Cl.N[C@@H](CCc1ccccc1)C(=O)N[C@@H](CCc1ccccc1)C(=O)COCc1ccccc1. The maximum atomic E-state index is 12.9. The smallest absolute Gasteiger partial charge is 0.237 e. The second kappa shape index (κ2) is 15.0. The fraction of sp³-hybridized carbons (Fsp3) is 0.286. The molecule has 180 valence electrons. The summed E-state index contributed by atoms with van der Waals surface area (Å²) in [6, 6.07) is 28.2. The molecule has 0 saturated heterocycles. The van der Waals surface area contributed by atoms with Gasteiger partial charge in [-0.05, 0) is 42.4 Å². The molecule has 0 aliphatic rings. The van der Waals surface area contributed by atoms with Gasteiger partial charge in [-0.3, -0.25) is 9.59 Å². The van der Waals surface area contributed by atoms with E-state index in [1.165, 1.54) is 0 Å². The topological polar surface area (TPSA) is 81.4 Å². The molecule has 5 nitrogen and oxygen atoms in total. The number of ether oxygens (including phenoxy) is 1. The van der Waals surface area contributed by atoms with Gasteiger partial charge in [0.15, 0.2) is 5.78 Å². The summed E-state index contributed by atoms with van der Waals surface area (Å²) in [7, 11) is 0. The first-order valence-electron chi connectivity index (χ1n) is 11.4. The molecule has 1 amide bonds. The lowest BCUT2D eigenvalue weighted by Crippen LogP contribution is -2.49. The fourth-order valence-corrected chi connectivity index (χ4v) is 3.59. The van der Waals surface area contributed by atoms with Crippen LogP contribution in [0.1, 0.15) is 29.5 Å². The van der Waals surface area contributed by atoms with Crippen LogP contribution < -0.4 is 11.1 Å². The predicted molar refractivity (Wildman–Crippen MR) is 138 cm³/mol. The number of aryl methyl sites for hydroxylation is 2. The number of ketones is 1. The van der Waals surface area contributed by atoms with E-state index < -0.39 is 12.1 Å². The zero-order valence-electron chi connectivity index (χ0n) is 19.3. The van der Waals surface area contributed by atoms with Crippen LogP contribution in [-0.2, 0) is 33.8 Å². The van der Waals surface area contributed by atoms with E-state index in [0.29, 0.717) is 32.3 Å². The molecule has 0 radical (unpaired) electrons. The second-order valence-corrected chi connectivity index (χ2v) is 8.16. The zero-order valence-corrected chi connectivity index (χ0v) is 20.1. The second-order valence-electron chi connectivity index (χ2n) is 8.16. The molecule has 2 atom stereocenters. The molecule has 0 saturated carbocycles. The molecule has 0 unspecified atom stereocenters. The molecule has 6 heteroatoms. The van der Waals surface area contributed by atoms with E-state index in [1.807, 2.05) is 91.0 Å². The number of amides is 1. The summed E-state index contributed by atoms with van der Waals surface area (Å²) in [5.41, 5.74) is 9.39. The first-order chi connectivity index (χ1) is 16.1. The lowest BCUT2D eigenvalue weighted by atomic mass is 10.0. The first-order valence-corrected chi connectivity index (χ1v) is 11.4. The third kappa shape index (κ3) is 9.48. The van der Waals surface area contributed by atoms with Crippen LogP contribution >= 0.6 is 12.4 Å². The van der Waals surface area contributed by atoms with Crippen molar-refractivity contribution < 1.29 is 14.3 Å². The van der Waals surface area contributed by atoms with Crippen molar-refractivity contribution in [1.29, 1.82) is 0 Å². The number of carbonyl (C=O) groups excluding carboxylic acids is 2. The molecule has 34 heavy (non-hydrogen) atoms. The highest BCUT2D eigenvalue weighted by atomic mass is 35.5. The van der Waals surface area contributed by atoms with Gasteiger partial charge >= 0.3 is 0 Å². The summed E-state index contributed by atoms with van der Waals surface area (Å²) in [5.74, 6) is -0.453. The Kier molecular flexibility index (Phi) is 12.0. The highest BCUT2D eigenvalue weighted by Gasteiger charge is 2.23. The van der Waals surface area contributed by atoms with Gasteiger partial charge in [0.25, 0.3) is 0 Å². The Morgan fingerprint density at radius 1 is 0.735 bits per heavy atom. The molecule has 3 aromatic carbocycles. The molecule has 0 bridgehead atoms. The molecule has 0 fully saturated rings. The van der Waals surface area contributed by atoms with Gasteiger partial charge in [-0.1, -0.05) is 91.0 Å². The highest BCUT2D eigenvalue weighted by molar-refractivity contribution is 5.91. The third-order valence-corrected chi connectivity index (χ3v) is 5.55. The Morgan fingerprint density at radius 2 is 1.21 bits per heavy atom. The van der Waals surface area contributed by atoms with Crippen LogP contribution in [0.2, 0.25) is 0 Å². The van der Waals surface area contributed by atoms with Crippen molar-refractivity contribution in [3.8, 4) is 0 Å². The molecular formula is C28H33ClN2O3. The van der Waals surface area contributed by atoms with Crippen molar-refractivity contribution in [2.75, 3.05) is 6.61 Å². The van der Waals surface area contributed by atoms with Gasteiger partial charge in [0.05, 0.1) is 18.7 Å². The van der Waals surface area contributed by atoms with Crippen LogP contribution in [0.15, 0.2) is 91.0 Å². The van der Waals surface area contributed by atoms with E-state index in [-0.39, 0.29) is 30.7 Å². The number of nitrogens with two attached hydrogens (primary N) is 1. The summed E-state index contributed by atoms with van der Waals surface area (Å²) in [6.45, 7) is 0.288. The Morgan fingerprint density at radius 3 is 1.74 bits per heavy atom. The number of rotatable bonds is 13. The molecule has 0 aromatic heterocycles. The highest BCUT2D eigenvalue weighted by Crippen LogP contribution is 2.09. The summed E-state index contributed by atoms with van der Waals surface area (Å²) in [4.78, 5) is 25.7. The van der Waals surface area contributed by atoms with Crippen molar-refractivity contribution >= 4 is 24.1 Å². The quantitative estimate of drug-likeness (QED) is 0.382. The molecular weight excluding hydrogens is 448 g/mol. The number of nitrogens with one attached hydrogen (secondary N) is 1. The van der Waals surface area contributed by atoms with Crippen molar-refractivity contribution in [3.05, 3.63) is 108 Å². The Bertz CT molecular complexity index is 984. The summed E-state index contributed by atoms with van der Waals surface area (Å²) in [5, 5.41) is 2.88. The minimum atomic E-state index is -0.678. The van der Waals surface area contributed by atoms with Crippen LogP contribution in [0.3, 0.4) is 0 Å². The van der Waals surface area contributed by atoms with Crippen molar-refractivity contribution in [2.24, 2.45) is 5.73 Å². The average Bonchev–Trinajstić information content (AvgIpc) is 2.86. The standard InChI is InChI=1S/C28H32N2O3.ClH/c29-25(18-16-22-10-4-1-5-11-22)28(32)30-26(19-17-23-12-6-2-7-13-23)27(31)21-33-20-24-14-8-3-9-15-24;/h1-15,25-26H,16-21,29H2,(H,30,32);1H/t25-,26-;/m0./s1. The van der Waals surface area contributed by atoms with E-state index in [1.54, 1.807) is 0 Å². The van der Waals surface area contributed by atoms with Crippen LogP contribution in [0, 0.1) is 0 Å². The summed E-state index contributed by atoms with van der Waals surface area (Å²) in [6.07, 6.45) is 2.39. The van der Waals surface area contributed by atoms with Gasteiger partial charge in [0.1, 0.15) is 6.61 Å². The largest absolute Gasteiger partial charge is 0.369 e. The molecule has 0 heterocycles. The number of hydrogen-bond acceptors (Lipinski definition) is 4. The van der Waals surface area contributed by atoms with Gasteiger partial charge in [0, 0.05) is 0 Å². The molecule has 3 N–H and O–H groups in total. The van der Waals surface area contributed by atoms with Crippen molar-refractivity contribution in [3.63, 3.8) is 0 Å². The number of carbonyl (C=O) groups is 2. The van der Waals surface area contributed by atoms with Crippen LogP contribution in [0.25, 0.3) is 0 Å². The summed E-state index contributed by atoms with van der Waals surface area (Å²) < 4.78 is 5.63. The maximum absolute atomic E-state index is 12.9. The normalized spacial score (nSPS) is 12.3. The number of halogens is 1. The van der Waals surface area contributed by atoms with Gasteiger partial charge < -0.3 is 15.8 Å². The van der Waals surface area contributed by atoms with Crippen molar-refractivity contribution in [1.82, 2.24) is 5.32 Å². The zero-order chi connectivity index (χ0) is 23.3. The summed E-state index contributed by atoms with van der Waals surface area (Å²) >= 11 is 0. The Balaban J connectivity index is 0.00000408. The minimum absolute atomic E-state index is 0. The van der Waals surface area contributed by atoms with E-state index in [0.717, 1.165) is 16.7 Å². The van der Waals surface area contributed by atoms with Gasteiger partial charge in [-0.25, -0.2) is 0 Å². The molecule has 0 aliphatic carbocycles. The van der Waals surface area contributed by atoms with E-state index in [9.17, 15) is 9.59 Å². The van der Waals surface area contributed by atoms with E-state index >= 15 is 0 Å². The minimum Gasteiger partial charge on any atom is -0.369 e. The number of hydrogen-bond donors (Lipinski definition) is 2. The molecule has 0 aliphatic heterocycles. The Hall–Kier alpha value is -2.99. The van der Waals surface area contributed by atoms with E-state index in [2.05, 4.69) is 5.32 Å². The molecule has 3 rings (SSSR count). The third-order valence-electron chi connectivity index (χ3n) is 5.55. The van der Waals surface area contributed by atoms with Crippen molar-refractivity contribution in [2.45, 2.75) is 44.4 Å². The predicted octanol–water partition coefficient (Wildman–Crippen LogP) is 4.27. The Labute approximate surface area is 208 Å². The maximum Gasteiger partial charge on any atom is 0.237 e. The molecule has 3 aromatic rings. The average molecular weight is 481 g/mol. The lowest BCUT2D eigenvalue weighted by Gasteiger charge is -2.20. The number of benzene rings is 3. The lowest BCUT2D eigenvalue weighted by molar-refractivity contribution is -0.131. The van der Waals surface area contributed by atoms with Crippen LogP contribution in [0.5, 0.6) is 0 Å². The van der Waals surface area contributed by atoms with Crippen LogP contribution in [-0.4, -0.2) is 30.4 Å².